The van der Waals surface area contributed by atoms with Gasteiger partial charge in [-0.3, -0.25) is 0 Å². The third-order valence-electron chi connectivity index (χ3n) is 4.23. The quantitative estimate of drug-likeness (QED) is 0.811. The molecular formula is C15H21F3N2O3S. The van der Waals surface area contributed by atoms with E-state index in [1.807, 2.05) is 0 Å². The van der Waals surface area contributed by atoms with Gasteiger partial charge in [-0.1, -0.05) is 12.1 Å². The van der Waals surface area contributed by atoms with Gasteiger partial charge in [0.05, 0.1) is 0 Å². The molecule has 0 spiro atoms. The van der Waals surface area contributed by atoms with Crippen molar-refractivity contribution in [3.63, 3.8) is 0 Å². The molecule has 0 saturated heterocycles. The second kappa shape index (κ2) is 7.71. The van der Waals surface area contributed by atoms with E-state index in [9.17, 15) is 21.6 Å². The lowest BCUT2D eigenvalue weighted by Crippen LogP contribution is -2.33. The van der Waals surface area contributed by atoms with Crippen LogP contribution in [0.5, 0.6) is 5.75 Å². The van der Waals surface area contributed by atoms with Crippen molar-refractivity contribution in [1.82, 2.24) is 4.72 Å². The van der Waals surface area contributed by atoms with E-state index in [4.69, 9.17) is 5.73 Å². The largest absolute Gasteiger partial charge is 0.573 e. The van der Waals surface area contributed by atoms with Gasteiger partial charge in [0.25, 0.3) is 0 Å². The van der Waals surface area contributed by atoms with E-state index in [-0.39, 0.29) is 12.5 Å². The Kier molecular flexibility index (Phi) is 6.11. The van der Waals surface area contributed by atoms with Crippen molar-refractivity contribution >= 4 is 10.0 Å². The third-order valence-corrected chi connectivity index (χ3v) is 5.69. The Morgan fingerprint density at radius 1 is 1.12 bits per heavy atom. The molecule has 1 aliphatic carbocycles. The molecule has 0 radical (unpaired) electrons. The van der Waals surface area contributed by atoms with Crippen LogP contribution in [0.3, 0.4) is 0 Å². The maximum absolute atomic E-state index is 12.4. The number of alkyl halides is 3. The Bertz CT molecular complexity index is 642. The number of nitrogens with one attached hydrogen (secondary N) is 1. The van der Waals surface area contributed by atoms with E-state index < -0.39 is 27.0 Å². The van der Waals surface area contributed by atoms with Crippen LogP contribution in [0.15, 0.2) is 29.2 Å². The van der Waals surface area contributed by atoms with Crippen molar-refractivity contribution in [3.8, 4) is 5.75 Å². The molecular weight excluding hydrogens is 345 g/mol. The summed E-state index contributed by atoms with van der Waals surface area (Å²) in [6.07, 6.45) is -1.37. The maximum atomic E-state index is 12.4. The normalized spacial score (nSPS) is 22.3. The van der Waals surface area contributed by atoms with E-state index >= 15 is 0 Å². The SMILES string of the molecule is NC[C@H]1CC[C@H](CNS(=O)(=O)c2ccccc2OC(F)(F)F)CC1. The molecule has 1 fully saturated rings. The van der Waals surface area contributed by atoms with Crippen LogP contribution in [0, 0.1) is 11.8 Å². The molecule has 3 N–H and O–H groups in total. The lowest BCUT2D eigenvalue weighted by molar-refractivity contribution is -0.275. The first-order chi connectivity index (χ1) is 11.2. The van der Waals surface area contributed by atoms with Gasteiger partial charge < -0.3 is 10.5 Å². The van der Waals surface area contributed by atoms with Gasteiger partial charge in [0.15, 0.2) is 0 Å². The molecule has 0 unspecified atom stereocenters. The highest BCUT2D eigenvalue weighted by molar-refractivity contribution is 7.89. The van der Waals surface area contributed by atoms with Gasteiger partial charge in [-0.05, 0) is 56.2 Å². The van der Waals surface area contributed by atoms with Crippen molar-refractivity contribution < 1.29 is 26.3 Å². The Labute approximate surface area is 139 Å². The number of para-hydroxylation sites is 1. The van der Waals surface area contributed by atoms with Crippen LogP contribution >= 0.6 is 0 Å². The number of hydrogen-bond donors (Lipinski definition) is 2. The Morgan fingerprint density at radius 3 is 2.29 bits per heavy atom. The molecule has 24 heavy (non-hydrogen) atoms. The molecule has 0 amide bonds. The fourth-order valence-electron chi connectivity index (χ4n) is 2.86. The summed E-state index contributed by atoms with van der Waals surface area (Å²) >= 11 is 0. The Balaban J connectivity index is 2.03. The highest BCUT2D eigenvalue weighted by atomic mass is 32.2. The number of benzene rings is 1. The molecule has 2 rings (SSSR count). The smallest absolute Gasteiger partial charge is 0.404 e. The molecule has 1 aliphatic rings. The zero-order chi connectivity index (χ0) is 17.8. The number of halogens is 3. The van der Waals surface area contributed by atoms with E-state index in [0.717, 1.165) is 37.8 Å². The standard InChI is InChI=1S/C15H21F3N2O3S/c16-15(17,18)23-13-3-1-2-4-14(13)24(21,22)20-10-12-7-5-11(9-19)6-8-12/h1-4,11-12,20H,5-10,19H2/t11-,12-. The van der Waals surface area contributed by atoms with Crippen molar-refractivity contribution in [1.29, 1.82) is 0 Å². The molecule has 0 aliphatic heterocycles. The number of rotatable bonds is 6. The van der Waals surface area contributed by atoms with Gasteiger partial charge in [-0.15, -0.1) is 13.2 Å². The minimum absolute atomic E-state index is 0.165. The van der Waals surface area contributed by atoms with Crippen LogP contribution < -0.4 is 15.2 Å². The molecule has 1 aromatic rings. The zero-order valence-electron chi connectivity index (χ0n) is 13.1. The molecule has 1 aromatic carbocycles. The van der Waals surface area contributed by atoms with E-state index in [2.05, 4.69) is 9.46 Å². The average molecular weight is 366 g/mol. The summed E-state index contributed by atoms with van der Waals surface area (Å²) in [4.78, 5) is -0.516. The van der Waals surface area contributed by atoms with Gasteiger partial charge in [0.2, 0.25) is 10.0 Å². The number of nitrogens with two attached hydrogens (primary N) is 1. The van der Waals surface area contributed by atoms with Gasteiger partial charge in [0, 0.05) is 6.54 Å². The highest BCUT2D eigenvalue weighted by Gasteiger charge is 2.34. The van der Waals surface area contributed by atoms with Gasteiger partial charge in [0.1, 0.15) is 10.6 Å². The van der Waals surface area contributed by atoms with Crippen molar-refractivity contribution in [2.45, 2.75) is 36.9 Å². The average Bonchev–Trinajstić information content (AvgIpc) is 2.52. The summed E-state index contributed by atoms with van der Waals surface area (Å²) in [6, 6.07) is 4.71. The highest BCUT2D eigenvalue weighted by Crippen LogP contribution is 2.30. The monoisotopic (exact) mass is 366 g/mol. The fraction of sp³-hybridized carbons (Fsp3) is 0.600. The second-order valence-corrected chi connectivity index (χ2v) is 7.70. The predicted molar refractivity (Wildman–Crippen MR) is 82.8 cm³/mol. The summed E-state index contributed by atoms with van der Waals surface area (Å²) in [5.74, 6) is -0.0959. The lowest BCUT2D eigenvalue weighted by Gasteiger charge is -2.27. The topological polar surface area (TPSA) is 81.4 Å². The first-order valence-corrected chi connectivity index (χ1v) is 9.24. The van der Waals surface area contributed by atoms with Crippen LogP contribution in [0.4, 0.5) is 13.2 Å². The van der Waals surface area contributed by atoms with E-state index in [0.29, 0.717) is 12.5 Å². The molecule has 0 aromatic heterocycles. The molecule has 0 heterocycles. The summed E-state index contributed by atoms with van der Waals surface area (Å²) in [7, 11) is -4.08. The lowest BCUT2D eigenvalue weighted by atomic mass is 9.82. The number of sulfonamides is 1. The van der Waals surface area contributed by atoms with Crippen LogP contribution in [-0.4, -0.2) is 27.9 Å². The Hall–Kier alpha value is -1.32. The fourth-order valence-corrected chi connectivity index (χ4v) is 4.10. The van der Waals surface area contributed by atoms with E-state index in [1.54, 1.807) is 0 Å². The molecule has 136 valence electrons. The molecule has 1 saturated carbocycles. The Morgan fingerprint density at radius 2 is 1.71 bits per heavy atom. The van der Waals surface area contributed by atoms with E-state index in [1.165, 1.54) is 12.1 Å². The predicted octanol–water partition coefficient (Wildman–Crippen LogP) is 2.63. The third kappa shape index (κ3) is 5.35. The number of hydrogen-bond acceptors (Lipinski definition) is 4. The minimum atomic E-state index is -4.95. The molecule has 9 heteroatoms. The first kappa shape index (κ1) is 19.0. The molecule has 0 atom stereocenters. The summed E-state index contributed by atoms with van der Waals surface area (Å²) < 4.78 is 68.1. The van der Waals surface area contributed by atoms with Crippen molar-refractivity contribution in [2.24, 2.45) is 17.6 Å². The van der Waals surface area contributed by atoms with Crippen LogP contribution in [-0.2, 0) is 10.0 Å². The van der Waals surface area contributed by atoms with Gasteiger partial charge >= 0.3 is 6.36 Å². The zero-order valence-corrected chi connectivity index (χ0v) is 13.9. The first-order valence-electron chi connectivity index (χ1n) is 7.76. The summed E-state index contributed by atoms with van der Waals surface area (Å²) in [5.41, 5.74) is 5.62. The molecule has 5 nitrogen and oxygen atoms in total. The number of ether oxygens (including phenoxy) is 1. The molecule has 0 bridgehead atoms. The second-order valence-electron chi connectivity index (χ2n) is 5.97. The van der Waals surface area contributed by atoms with Gasteiger partial charge in [-0.2, -0.15) is 0 Å². The van der Waals surface area contributed by atoms with Crippen molar-refractivity contribution in [2.75, 3.05) is 13.1 Å². The van der Waals surface area contributed by atoms with Crippen molar-refractivity contribution in [3.05, 3.63) is 24.3 Å². The maximum Gasteiger partial charge on any atom is 0.573 e. The van der Waals surface area contributed by atoms with Crippen LogP contribution in [0.2, 0.25) is 0 Å². The van der Waals surface area contributed by atoms with Crippen LogP contribution in [0.25, 0.3) is 0 Å². The minimum Gasteiger partial charge on any atom is -0.404 e. The summed E-state index contributed by atoms with van der Waals surface area (Å²) in [5, 5.41) is 0. The summed E-state index contributed by atoms with van der Waals surface area (Å²) in [6.45, 7) is 0.820. The van der Waals surface area contributed by atoms with Gasteiger partial charge in [-0.25, -0.2) is 13.1 Å². The van der Waals surface area contributed by atoms with Crippen LogP contribution in [0.1, 0.15) is 25.7 Å².